The lowest BCUT2D eigenvalue weighted by Gasteiger charge is -2.38. The lowest BCUT2D eigenvalue weighted by molar-refractivity contribution is -0.118. The van der Waals surface area contributed by atoms with E-state index in [1.807, 2.05) is 91.9 Å². The van der Waals surface area contributed by atoms with Crippen LogP contribution >= 0.6 is 0 Å². The third kappa shape index (κ3) is 36.2. The average Bonchev–Trinajstić information content (AvgIpc) is 1.68. The Labute approximate surface area is 887 Å². The lowest BCUT2D eigenvalue weighted by atomic mass is 9.87. The average molecular weight is 2000 g/mol. The van der Waals surface area contributed by atoms with Crippen molar-refractivity contribution in [3.63, 3.8) is 0 Å². The summed E-state index contributed by atoms with van der Waals surface area (Å²) in [7, 11) is 2.22. The van der Waals surface area contributed by atoms with Crippen molar-refractivity contribution in [2.75, 3.05) is 132 Å². The molecule has 10 aromatic carbocycles. The number of para-hydroxylation sites is 2. The number of piperidine rings is 5. The Kier molecular flexibility index (Phi) is 41.2. The molecule has 148 heavy (non-hydrogen) atoms. The maximum absolute atomic E-state index is 12.6. The minimum Gasteiger partial charge on any atom is -0.325 e. The van der Waals surface area contributed by atoms with Gasteiger partial charge < -0.3 is 26.6 Å². The summed E-state index contributed by atoms with van der Waals surface area (Å²) in [6, 6.07) is 90.9. The van der Waals surface area contributed by atoms with Crippen molar-refractivity contribution < 1.29 is 24.0 Å². The van der Waals surface area contributed by atoms with Crippen LogP contribution in [0.2, 0.25) is 0 Å². The molecule has 5 heterocycles. The SMILES string of the molecule is Cc1ccc(NC(=O)CN2CCC(N(C)Cc3cccc(C)c3)CC2)cc1.Cc1cccc(CN(C2CC2)C2CCN(CC(=O)Nc3c(C)cccc3C)CC2)c1.Cc1cccc(CN(C2CC2)C2CCN(CC(=O)Nc3ccc(C(C)(C)C)cc3)CC2)c1.Cc1cccc(CN(C2CC2)C2CCN(CC(=O)Nc3ccc(C(C)C)cc3)CC2)c1.Cc1cccc(CN(C2CC2)C2CCN(CC(=O)Nc3ccccc3)CC2)c1. The number of benzene rings is 10. The quantitative estimate of drug-likeness (QED) is 0.0253. The van der Waals surface area contributed by atoms with Gasteiger partial charge in [0, 0.05) is 181 Å². The van der Waals surface area contributed by atoms with E-state index < -0.39 is 0 Å². The van der Waals surface area contributed by atoms with Gasteiger partial charge in [-0.1, -0.05) is 262 Å². The van der Waals surface area contributed by atoms with Gasteiger partial charge in [0.05, 0.1) is 32.7 Å². The first-order chi connectivity index (χ1) is 71.4. The van der Waals surface area contributed by atoms with Gasteiger partial charge in [0.1, 0.15) is 0 Å². The van der Waals surface area contributed by atoms with Gasteiger partial charge in [0.25, 0.3) is 0 Å². The normalized spacial score (nSPS) is 17.7. The Balaban J connectivity index is 0.000000139. The van der Waals surface area contributed by atoms with Crippen LogP contribution in [0.5, 0.6) is 0 Å². The number of aryl methyl sites for hydroxylation is 8. The number of hydrogen-bond donors (Lipinski definition) is 5. The van der Waals surface area contributed by atoms with Gasteiger partial charge in [-0.05, 0) is 288 Å². The van der Waals surface area contributed by atoms with Gasteiger partial charge in [-0.2, -0.15) is 0 Å². The van der Waals surface area contributed by atoms with E-state index in [0.717, 1.165) is 226 Å². The van der Waals surface area contributed by atoms with E-state index in [1.165, 1.54) is 124 Å². The Morgan fingerprint density at radius 1 is 0.270 bits per heavy atom. The van der Waals surface area contributed by atoms with Gasteiger partial charge in [-0.15, -0.1) is 0 Å². The fraction of sp³-hybridized carbons (Fsp3) is 0.492. The Hall–Kier alpha value is -10.9. The zero-order valence-corrected chi connectivity index (χ0v) is 91.8. The number of likely N-dealkylation sites (tertiary alicyclic amines) is 5. The molecule has 5 aliphatic heterocycles. The van der Waals surface area contributed by atoms with Crippen LogP contribution in [0.4, 0.5) is 28.4 Å². The number of amides is 5. The number of rotatable bonds is 35. The monoisotopic (exact) mass is 2000 g/mol. The molecule has 0 radical (unpaired) electrons. The molecule has 0 aromatic heterocycles. The molecular weight excluding hydrogens is 1830 g/mol. The van der Waals surface area contributed by atoms with E-state index in [4.69, 9.17) is 0 Å². The molecule has 19 rings (SSSR count). The Morgan fingerprint density at radius 2 is 0.514 bits per heavy atom. The van der Waals surface area contributed by atoms with Crippen LogP contribution < -0.4 is 26.6 Å². The molecule has 9 aliphatic rings. The molecule has 20 heteroatoms. The summed E-state index contributed by atoms with van der Waals surface area (Å²) in [6.45, 7) is 45.6. The molecule has 5 amide bonds. The molecule has 0 unspecified atom stereocenters. The number of nitrogens with zero attached hydrogens (tertiary/aromatic N) is 10. The Morgan fingerprint density at radius 3 is 0.784 bits per heavy atom. The van der Waals surface area contributed by atoms with Crippen LogP contribution in [0.1, 0.15) is 240 Å². The predicted octanol–water partition coefficient (Wildman–Crippen LogP) is 23.1. The van der Waals surface area contributed by atoms with E-state index >= 15 is 0 Å². The van der Waals surface area contributed by atoms with Crippen molar-refractivity contribution in [3.8, 4) is 0 Å². The largest absolute Gasteiger partial charge is 0.325 e. The highest BCUT2D eigenvalue weighted by atomic mass is 16.2. The predicted molar refractivity (Wildman–Crippen MR) is 611 cm³/mol. The highest BCUT2D eigenvalue weighted by Crippen LogP contribution is 2.39. The summed E-state index contributed by atoms with van der Waals surface area (Å²) in [6.07, 6.45) is 22.1. The second kappa shape index (κ2) is 54.7. The van der Waals surface area contributed by atoms with Crippen molar-refractivity contribution in [3.05, 3.63) is 326 Å². The van der Waals surface area contributed by atoms with Crippen molar-refractivity contribution >= 4 is 58.0 Å². The van der Waals surface area contributed by atoms with E-state index in [9.17, 15) is 24.0 Å². The summed E-state index contributed by atoms with van der Waals surface area (Å²) in [5.74, 6) is 0.950. The molecule has 0 spiro atoms. The molecule has 790 valence electrons. The van der Waals surface area contributed by atoms with Crippen molar-refractivity contribution in [1.29, 1.82) is 0 Å². The zero-order chi connectivity index (χ0) is 104. The molecule has 20 nitrogen and oxygen atoms in total. The van der Waals surface area contributed by atoms with Gasteiger partial charge in [0.2, 0.25) is 29.5 Å². The molecular formula is C128H173N15O5. The van der Waals surface area contributed by atoms with Crippen LogP contribution in [0, 0.1) is 55.4 Å². The minimum atomic E-state index is 0.0745. The highest BCUT2D eigenvalue weighted by Gasteiger charge is 2.41. The maximum atomic E-state index is 12.6. The molecule has 0 atom stereocenters. The standard InChI is InChI=1S/C28H39N3O.C27H37N3O.C26H35N3O.C24H31N3O.C23H31N3O/c1-21-6-5-7-22(18-21)19-31(25-12-13-25)26-14-16-30(17-15-26)20-27(32)29-24-10-8-23(9-11-24)28(2,3)4;1-20(2)23-7-9-24(10-8-23)28-27(31)19-29-15-13-26(14-16-29)30(25-11-12-25)18-22-6-4-5-21(3)17-22;1-19-6-4-9-22(16-19)17-29(23-10-11-23)24-12-14-28(15-13-24)18-25(30)27-26-20(2)7-5-8-21(26)3;1-19-6-5-7-20(16-19)17-27(22-10-11-22)23-12-14-26(15-13-23)18-24(28)25-21-8-3-2-4-9-21;1-18-7-9-21(10-8-18)24-23(27)17-26-13-11-22(12-14-26)25(3)16-20-6-4-5-19(2)15-20/h5-11,18,25-26H,12-17,19-20H2,1-4H3,(H,29,32);4-10,17,20,25-26H,11-16,18-19H2,1-3H3,(H,28,31);4-9,16,23-24H,10-15,17-18H2,1-3H3,(H,27,30);2-9,16,22-23H,10-15,17-18H2,1H3,(H,25,28);4-10,15,22H,11-14,16-17H2,1-3H3,(H,24,27). The number of hydrogen-bond acceptors (Lipinski definition) is 15. The number of carbonyl (C=O) groups is 5. The van der Waals surface area contributed by atoms with E-state index in [0.29, 0.717) is 68.9 Å². The van der Waals surface area contributed by atoms with Gasteiger partial charge in [0.15, 0.2) is 0 Å². The summed E-state index contributed by atoms with van der Waals surface area (Å²) >= 11 is 0. The van der Waals surface area contributed by atoms with E-state index in [-0.39, 0.29) is 35.0 Å². The molecule has 0 bridgehead atoms. The number of nitrogens with one attached hydrogen (secondary N) is 5. The molecule has 4 aliphatic carbocycles. The summed E-state index contributed by atoms with van der Waals surface area (Å²) < 4.78 is 0. The van der Waals surface area contributed by atoms with Gasteiger partial charge in [-0.25, -0.2) is 0 Å². The second-order valence-electron chi connectivity index (χ2n) is 45.9. The van der Waals surface area contributed by atoms with Crippen LogP contribution in [-0.4, -0.2) is 238 Å². The summed E-state index contributed by atoms with van der Waals surface area (Å²) in [5, 5.41) is 15.3. The van der Waals surface area contributed by atoms with Crippen LogP contribution in [0.15, 0.2) is 243 Å². The third-order valence-electron chi connectivity index (χ3n) is 31.5. The highest BCUT2D eigenvalue weighted by molar-refractivity contribution is 5.95. The number of carbonyl (C=O) groups excluding carboxylic acids is 5. The lowest BCUT2D eigenvalue weighted by Crippen LogP contribution is -2.47. The maximum Gasteiger partial charge on any atom is 0.238 e. The molecule has 9 fully saturated rings. The molecule has 10 aromatic rings. The fourth-order valence-electron chi connectivity index (χ4n) is 22.5. The van der Waals surface area contributed by atoms with Gasteiger partial charge in [-0.3, -0.25) is 73.0 Å². The van der Waals surface area contributed by atoms with Crippen molar-refractivity contribution in [2.45, 2.75) is 304 Å². The van der Waals surface area contributed by atoms with Crippen molar-refractivity contribution in [1.82, 2.24) is 49.0 Å². The third-order valence-corrected chi connectivity index (χ3v) is 31.5. The first-order valence-electron chi connectivity index (χ1n) is 55.9. The Bertz CT molecular complexity index is 5810. The summed E-state index contributed by atoms with van der Waals surface area (Å²) in [5.41, 5.74) is 24.4. The first kappa shape index (κ1) is 111. The van der Waals surface area contributed by atoms with Crippen LogP contribution in [0.3, 0.4) is 0 Å². The number of anilines is 5. The first-order valence-corrected chi connectivity index (χ1v) is 55.9. The van der Waals surface area contributed by atoms with Crippen LogP contribution in [-0.2, 0) is 62.1 Å². The smallest absolute Gasteiger partial charge is 0.238 e. The topological polar surface area (TPSA) is 178 Å². The van der Waals surface area contributed by atoms with Gasteiger partial charge >= 0.3 is 0 Å². The molecule has 5 saturated heterocycles. The second-order valence-corrected chi connectivity index (χ2v) is 45.9. The summed E-state index contributed by atoms with van der Waals surface area (Å²) in [4.78, 5) is 87.3. The molecule has 5 N–H and O–H groups in total. The zero-order valence-electron chi connectivity index (χ0n) is 91.8. The fourth-order valence-corrected chi connectivity index (χ4v) is 22.5. The van der Waals surface area contributed by atoms with Crippen LogP contribution in [0.25, 0.3) is 0 Å². The van der Waals surface area contributed by atoms with Crippen molar-refractivity contribution in [2.24, 2.45) is 0 Å². The minimum absolute atomic E-state index is 0.0745. The van der Waals surface area contributed by atoms with E-state index in [2.05, 4.69) is 323 Å². The van der Waals surface area contributed by atoms with E-state index in [1.54, 1.807) is 0 Å². The molecule has 4 saturated carbocycles.